The Bertz CT molecular complexity index is 1080. The number of nitrogens with zero attached hydrogens (tertiary/aromatic N) is 4. The number of hydrogen-bond donors (Lipinski definition) is 0. The highest BCUT2D eigenvalue weighted by molar-refractivity contribution is 5.69. The van der Waals surface area contributed by atoms with Crippen molar-refractivity contribution >= 4 is 5.69 Å². The Morgan fingerprint density at radius 2 is 1.19 bits per heavy atom. The molecule has 4 aromatic rings. The van der Waals surface area contributed by atoms with E-state index in [2.05, 4.69) is 19.8 Å². The van der Waals surface area contributed by atoms with Crippen molar-refractivity contribution in [3.63, 3.8) is 0 Å². The van der Waals surface area contributed by atoms with Crippen molar-refractivity contribution in [2.75, 3.05) is 0 Å². The molecule has 0 radical (unpaired) electrons. The Balaban J connectivity index is 1.96. The first-order chi connectivity index (χ1) is 13.2. The van der Waals surface area contributed by atoms with E-state index in [-0.39, 0.29) is 11.4 Å². The minimum Gasteiger partial charge on any atom is -0.238 e. The topological polar surface area (TPSA) is 43.0 Å². The minimum absolute atomic E-state index is 0.181. The molecule has 128 valence electrons. The van der Waals surface area contributed by atoms with Crippen LogP contribution in [0, 0.1) is 12.4 Å². The van der Waals surface area contributed by atoms with E-state index in [1.807, 2.05) is 60.7 Å². The first-order valence-electron chi connectivity index (χ1n) is 8.29. The van der Waals surface area contributed by atoms with Crippen LogP contribution in [0.5, 0.6) is 0 Å². The van der Waals surface area contributed by atoms with Gasteiger partial charge in [-0.05, 0) is 12.1 Å². The summed E-state index contributed by atoms with van der Waals surface area (Å²) in [5.74, 6) is 0.622. The molecule has 4 nitrogen and oxygen atoms in total. The lowest BCUT2D eigenvalue weighted by Gasteiger charge is -2.09. The van der Waals surface area contributed by atoms with Crippen LogP contribution in [0.4, 0.5) is 10.1 Å². The fourth-order valence-corrected chi connectivity index (χ4v) is 2.68. The van der Waals surface area contributed by atoms with Gasteiger partial charge in [-0.15, -0.1) is 0 Å². The highest BCUT2D eigenvalue weighted by Gasteiger charge is 2.15. The number of hydrogen-bond acceptors (Lipinski definition) is 3. The van der Waals surface area contributed by atoms with Gasteiger partial charge in [0.25, 0.3) is 0 Å². The molecular weight excluding hydrogens is 339 g/mol. The summed E-state index contributed by atoms with van der Waals surface area (Å²) in [5.41, 5.74) is 2.12. The Labute approximate surface area is 155 Å². The molecule has 5 heteroatoms. The van der Waals surface area contributed by atoms with E-state index < -0.39 is 5.82 Å². The summed E-state index contributed by atoms with van der Waals surface area (Å²) in [7, 11) is 0. The van der Waals surface area contributed by atoms with E-state index in [9.17, 15) is 4.39 Å². The van der Waals surface area contributed by atoms with Crippen LogP contribution in [0.15, 0.2) is 78.9 Å². The predicted octanol–water partition coefficient (Wildman–Crippen LogP) is 5.56. The quantitative estimate of drug-likeness (QED) is 0.453. The van der Waals surface area contributed by atoms with Crippen molar-refractivity contribution in [2.24, 2.45) is 0 Å². The van der Waals surface area contributed by atoms with Gasteiger partial charge in [0.15, 0.2) is 23.2 Å². The number of benzene rings is 3. The zero-order valence-electron chi connectivity index (χ0n) is 14.2. The third kappa shape index (κ3) is 3.42. The molecule has 0 N–H and O–H groups in total. The maximum absolute atomic E-state index is 14.5. The van der Waals surface area contributed by atoms with E-state index in [0.29, 0.717) is 17.3 Å². The van der Waals surface area contributed by atoms with Gasteiger partial charge in [-0.1, -0.05) is 66.7 Å². The number of rotatable bonds is 3. The molecule has 0 saturated heterocycles. The van der Waals surface area contributed by atoms with Gasteiger partial charge in [-0.2, -0.15) is 0 Å². The van der Waals surface area contributed by atoms with Crippen molar-refractivity contribution < 1.29 is 4.39 Å². The molecular formula is C22H13FN4. The molecule has 0 unspecified atom stereocenters. The van der Waals surface area contributed by atoms with Crippen LogP contribution < -0.4 is 0 Å². The number of aromatic nitrogens is 3. The van der Waals surface area contributed by atoms with Gasteiger partial charge >= 0.3 is 0 Å². The molecule has 0 aliphatic carbocycles. The molecule has 0 aliphatic rings. The minimum atomic E-state index is -0.480. The van der Waals surface area contributed by atoms with Gasteiger partial charge in [-0.25, -0.2) is 24.2 Å². The molecule has 1 aromatic heterocycles. The lowest BCUT2D eigenvalue weighted by molar-refractivity contribution is 0.630. The van der Waals surface area contributed by atoms with Gasteiger partial charge < -0.3 is 0 Å². The molecule has 3 aromatic carbocycles. The van der Waals surface area contributed by atoms with Crippen molar-refractivity contribution in [3.8, 4) is 34.2 Å². The standard InChI is InChI=1S/C22H13FN4/c1-24-17-12-13-19(23)18(14-17)22-26-20(15-8-4-2-5-9-15)25-21(27-22)16-10-6-3-7-11-16/h2-14H. The van der Waals surface area contributed by atoms with Crippen molar-refractivity contribution in [2.45, 2.75) is 0 Å². The summed E-state index contributed by atoms with van der Waals surface area (Å²) in [4.78, 5) is 16.9. The first kappa shape index (κ1) is 16.6. The van der Waals surface area contributed by atoms with Gasteiger partial charge in [0, 0.05) is 16.7 Å². The smallest absolute Gasteiger partial charge is 0.188 e. The Kier molecular flexibility index (Phi) is 4.38. The van der Waals surface area contributed by atoms with E-state index in [1.54, 1.807) is 0 Å². The molecule has 0 spiro atoms. The Hall–Kier alpha value is -3.91. The first-order valence-corrected chi connectivity index (χ1v) is 8.29. The highest BCUT2D eigenvalue weighted by atomic mass is 19.1. The van der Waals surface area contributed by atoms with Gasteiger partial charge in [0.1, 0.15) is 5.82 Å². The van der Waals surface area contributed by atoms with E-state index in [1.165, 1.54) is 18.2 Å². The van der Waals surface area contributed by atoms with Crippen LogP contribution in [0.1, 0.15) is 0 Å². The molecule has 4 rings (SSSR count). The van der Waals surface area contributed by atoms with Crippen LogP contribution in [0.25, 0.3) is 39.0 Å². The van der Waals surface area contributed by atoms with Crippen molar-refractivity contribution in [1.29, 1.82) is 0 Å². The zero-order chi connectivity index (χ0) is 18.6. The largest absolute Gasteiger partial charge is 0.238 e. The van der Waals surface area contributed by atoms with Gasteiger partial charge in [0.2, 0.25) is 0 Å². The van der Waals surface area contributed by atoms with E-state index in [4.69, 9.17) is 6.57 Å². The number of halogens is 1. The molecule has 0 fully saturated rings. The molecule has 1 heterocycles. The normalized spacial score (nSPS) is 10.4. The third-order valence-electron chi connectivity index (χ3n) is 4.02. The average molecular weight is 352 g/mol. The Morgan fingerprint density at radius 3 is 1.70 bits per heavy atom. The molecule has 0 saturated carbocycles. The molecule has 0 bridgehead atoms. The molecule has 0 atom stereocenters. The van der Waals surface area contributed by atoms with Crippen molar-refractivity contribution in [1.82, 2.24) is 15.0 Å². The summed E-state index contributed by atoms with van der Waals surface area (Å²) in [6.45, 7) is 7.18. The summed E-state index contributed by atoms with van der Waals surface area (Å²) in [6, 6.07) is 23.1. The monoisotopic (exact) mass is 352 g/mol. The van der Waals surface area contributed by atoms with Crippen LogP contribution in [0.3, 0.4) is 0 Å². The lowest BCUT2D eigenvalue weighted by atomic mass is 10.1. The second-order valence-corrected chi connectivity index (χ2v) is 5.81. The van der Waals surface area contributed by atoms with Crippen LogP contribution in [-0.4, -0.2) is 15.0 Å². The van der Waals surface area contributed by atoms with E-state index in [0.717, 1.165) is 11.1 Å². The van der Waals surface area contributed by atoms with E-state index >= 15 is 0 Å². The zero-order valence-corrected chi connectivity index (χ0v) is 14.2. The lowest BCUT2D eigenvalue weighted by Crippen LogP contribution is -2.01. The fraction of sp³-hybridized carbons (Fsp3) is 0. The van der Waals surface area contributed by atoms with Crippen LogP contribution >= 0.6 is 0 Å². The van der Waals surface area contributed by atoms with Gasteiger partial charge in [0.05, 0.1) is 6.57 Å². The highest BCUT2D eigenvalue weighted by Crippen LogP contribution is 2.28. The van der Waals surface area contributed by atoms with Gasteiger partial charge in [-0.3, -0.25) is 0 Å². The SMILES string of the molecule is [C-]#[N+]c1ccc(F)c(-c2nc(-c3ccccc3)nc(-c3ccccc3)n2)c1. The molecule has 27 heavy (non-hydrogen) atoms. The summed E-state index contributed by atoms with van der Waals surface area (Å²) in [5, 5.41) is 0. The summed E-state index contributed by atoms with van der Waals surface area (Å²) >= 11 is 0. The maximum atomic E-state index is 14.5. The average Bonchev–Trinajstić information content (AvgIpc) is 2.75. The maximum Gasteiger partial charge on any atom is 0.188 e. The summed E-state index contributed by atoms with van der Waals surface area (Å²) in [6.07, 6.45) is 0. The van der Waals surface area contributed by atoms with Crippen LogP contribution in [0.2, 0.25) is 0 Å². The third-order valence-corrected chi connectivity index (χ3v) is 4.02. The second kappa shape index (κ2) is 7.14. The fourth-order valence-electron chi connectivity index (χ4n) is 2.68. The van der Waals surface area contributed by atoms with Crippen molar-refractivity contribution in [3.05, 3.63) is 96.1 Å². The molecule has 0 aliphatic heterocycles. The van der Waals surface area contributed by atoms with Crippen LogP contribution in [-0.2, 0) is 0 Å². The summed E-state index contributed by atoms with van der Waals surface area (Å²) < 4.78 is 14.5. The predicted molar refractivity (Wildman–Crippen MR) is 102 cm³/mol. The molecule has 0 amide bonds. The Morgan fingerprint density at radius 1 is 0.667 bits per heavy atom. The second-order valence-electron chi connectivity index (χ2n) is 5.81.